The fourth-order valence-electron chi connectivity index (χ4n) is 3.80. The molecule has 3 aromatic rings. The number of nitrogens with one attached hydrogen (secondary N) is 1. The summed E-state index contributed by atoms with van der Waals surface area (Å²) >= 11 is 1.43. The molecule has 0 saturated carbocycles. The number of aromatic nitrogens is 3. The van der Waals surface area contributed by atoms with Gasteiger partial charge in [-0.05, 0) is 35.4 Å². The minimum atomic E-state index is -0.809. The lowest BCUT2D eigenvalue weighted by atomic mass is 10.0. The summed E-state index contributed by atoms with van der Waals surface area (Å²) in [6, 6.07) is 14.2. The highest BCUT2D eigenvalue weighted by molar-refractivity contribution is 7.99. The Bertz CT molecular complexity index is 1260. The third-order valence-corrected chi connectivity index (χ3v) is 6.06. The Morgan fingerprint density at radius 3 is 2.59 bits per heavy atom. The zero-order valence-corrected chi connectivity index (χ0v) is 18.8. The van der Waals surface area contributed by atoms with Crippen LogP contribution in [0.25, 0.3) is 11.3 Å². The van der Waals surface area contributed by atoms with Crippen LogP contribution >= 0.6 is 11.8 Å². The van der Waals surface area contributed by atoms with E-state index in [-0.39, 0.29) is 11.5 Å². The molecule has 32 heavy (non-hydrogen) atoms. The van der Waals surface area contributed by atoms with Crippen LogP contribution in [0, 0.1) is 0 Å². The van der Waals surface area contributed by atoms with E-state index in [9.17, 15) is 14.4 Å². The summed E-state index contributed by atoms with van der Waals surface area (Å²) in [5, 5.41) is 5.17. The Labute approximate surface area is 189 Å². The van der Waals surface area contributed by atoms with Crippen molar-refractivity contribution in [3.05, 3.63) is 64.4 Å². The van der Waals surface area contributed by atoms with Gasteiger partial charge in [-0.25, -0.2) is 4.90 Å². The van der Waals surface area contributed by atoms with E-state index in [1.54, 1.807) is 46.0 Å². The lowest BCUT2D eigenvalue weighted by Gasteiger charge is -2.31. The summed E-state index contributed by atoms with van der Waals surface area (Å²) in [6.07, 6.45) is 0.105. The zero-order valence-electron chi connectivity index (χ0n) is 18.0. The van der Waals surface area contributed by atoms with Gasteiger partial charge in [0.05, 0.1) is 16.8 Å². The molecule has 0 unspecified atom stereocenters. The maximum atomic E-state index is 13.2. The SMILES string of the molecule is CCCSc1n[n+]2c(c(=O)[nH]1)-c1ccccc1N(C(C)=O)[C@@H]2c1ccccc1OC(C)=O. The second-order valence-electron chi connectivity index (χ2n) is 7.31. The lowest BCUT2D eigenvalue weighted by Crippen LogP contribution is -2.60. The molecule has 1 N–H and O–H groups in total. The number of esters is 1. The first-order chi connectivity index (χ1) is 15.4. The van der Waals surface area contributed by atoms with Gasteiger partial charge in [0.1, 0.15) is 5.75 Å². The van der Waals surface area contributed by atoms with Crippen LogP contribution in [0.3, 0.4) is 0 Å². The van der Waals surface area contributed by atoms with Crippen molar-refractivity contribution in [2.24, 2.45) is 0 Å². The van der Waals surface area contributed by atoms with Gasteiger partial charge < -0.3 is 4.74 Å². The predicted molar refractivity (Wildman–Crippen MR) is 121 cm³/mol. The number of benzene rings is 2. The van der Waals surface area contributed by atoms with E-state index in [1.165, 1.54) is 25.6 Å². The third kappa shape index (κ3) is 3.91. The summed E-state index contributed by atoms with van der Waals surface area (Å²) in [4.78, 5) is 42.3. The monoisotopic (exact) mass is 451 g/mol. The van der Waals surface area contributed by atoms with Crippen LogP contribution < -0.4 is 19.9 Å². The van der Waals surface area contributed by atoms with E-state index in [0.29, 0.717) is 33.4 Å². The number of rotatable bonds is 5. The summed E-state index contributed by atoms with van der Waals surface area (Å²) in [5.74, 6) is 0.373. The Hall–Kier alpha value is -3.46. The smallest absolute Gasteiger partial charge is 0.325 e. The van der Waals surface area contributed by atoms with Gasteiger partial charge in [0.15, 0.2) is 0 Å². The lowest BCUT2D eigenvalue weighted by molar-refractivity contribution is -0.763. The van der Waals surface area contributed by atoms with Crippen LogP contribution in [0.5, 0.6) is 5.75 Å². The first kappa shape index (κ1) is 21.8. The molecule has 9 heteroatoms. The first-order valence-corrected chi connectivity index (χ1v) is 11.3. The molecule has 1 aliphatic heterocycles. The van der Waals surface area contributed by atoms with Crippen LogP contribution in [-0.2, 0) is 9.59 Å². The Morgan fingerprint density at radius 2 is 1.88 bits per heavy atom. The number of amides is 1. The number of nitrogens with zero attached hydrogens (tertiary/aromatic N) is 3. The first-order valence-electron chi connectivity index (χ1n) is 10.3. The normalized spacial score (nSPS) is 14.5. The topological polar surface area (TPSA) is 96.2 Å². The molecule has 0 bridgehead atoms. The molecule has 0 saturated heterocycles. The number of anilines is 1. The van der Waals surface area contributed by atoms with E-state index in [2.05, 4.69) is 4.98 Å². The van der Waals surface area contributed by atoms with Crippen LogP contribution in [0.4, 0.5) is 5.69 Å². The highest BCUT2D eigenvalue weighted by Crippen LogP contribution is 2.39. The van der Waals surface area contributed by atoms with Crippen molar-refractivity contribution < 1.29 is 19.0 Å². The summed E-state index contributed by atoms with van der Waals surface area (Å²) in [6.45, 7) is 4.82. The number of aromatic amines is 1. The van der Waals surface area contributed by atoms with Gasteiger partial charge in [0.25, 0.3) is 6.17 Å². The Kier molecular flexibility index (Phi) is 6.09. The summed E-state index contributed by atoms with van der Waals surface area (Å²) < 4.78 is 7.00. The van der Waals surface area contributed by atoms with Gasteiger partial charge in [-0.2, -0.15) is 0 Å². The standard InChI is InChI=1S/C23H22N4O4S/c1-4-13-32-23-24-21(30)20-16-9-5-7-11-18(16)26(14(2)28)22(27(20)25-23)17-10-6-8-12-19(17)31-15(3)29/h5-12,22H,4,13H2,1-3H3/p+1/t22-/m0/s1. The maximum Gasteiger partial charge on any atom is 0.325 e. The largest absolute Gasteiger partial charge is 0.426 e. The van der Waals surface area contributed by atoms with Crippen LogP contribution in [0.2, 0.25) is 0 Å². The van der Waals surface area contributed by atoms with Gasteiger partial charge in [0, 0.05) is 24.7 Å². The average Bonchev–Trinajstić information content (AvgIpc) is 2.76. The molecule has 0 spiro atoms. The molecule has 0 fully saturated rings. The molecule has 8 nitrogen and oxygen atoms in total. The van der Waals surface area contributed by atoms with Crippen molar-refractivity contribution in [3.63, 3.8) is 0 Å². The molecular weight excluding hydrogens is 428 g/mol. The maximum absolute atomic E-state index is 13.2. The Morgan fingerprint density at radius 1 is 1.16 bits per heavy atom. The van der Waals surface area contributed by atoms with E-state index in [1.807, 2.05) is 19.1 Å². The predicted octanol–water partition coefficient (Wildman–Crippen LogP) is 3.07. The molecule has 1 amide bonds. The van der Waals surface area contributed by atoms with Crippen molar-refractivity contribution in [2.45, 2.75) is 38.5 Å². The van der Waals surface area contributed by atoms with E-state index < -0.39 is 12.1 Å². The van der Waals surface area contributed by atoms with Crippen molar-refractivity contribution in [2.75, 3.05) is 10.7 Å². The zero-order chi connectivity index (χ0) is 22.8. The third-order valence-electron chi connectivity index (χ3n) is 4.99. The molecule has 2 heterocycles. The molecule has 4 rings (SSSR count). The molecule has 0 radical (unpaired) electrons. The minimum absolute atomic E-state index is 0.233. The average molecular weight is 452 g/mol. The number of carbonyl (C=O) groups is 2. The summed E-state index contributed by atoms with van der Waals surface area (Å²) in [7, 11) is 0. The van der Waals surface area contributed by atoms with Crippen molar-refractivity contribution in [1.82, 2.24) is 10.1 Å². The van der Waals surface area contributed by atoms with Crippen LogP contribution in [-0.4, -0.2) is 27.7 Å². The number of fused-ring (bicyclic) bond motifs is 3. The van der Waals surface area contributed by atoms with Crippen molar-refractivity contribution in [3.8, 4) is 17.0 Å². The van der Waals surface area contributed by atoms with Gasteiger partial charge in [-0.3, -0.25) is 19.4 Å². The van der Waals surface area contributed by atoms with Gasteiger partial charge in [0.2, 0.25) is 11.1 Å². The second kappa shape index (κ2) is 8.96. The van der Waals surface area contributed by atoms with Crippen LogP contribution in [0.15, 0.2) is 58.5 Å². The number of carbonyl (C=O) groups excluding carboxylic acids is 2. The molecule has 1 aromatic heterocycles. The van der Waals surface area contributed by atoms with E-state index >= 15 is 0 Å². The van der Waals surface area contributed by atoms with Crippen molar-refractivity contribution in [1.29, 1.82) is 0 Å². The molecular formula is C23H23N4O4S+. The fourth-order valence-corrected chi connectivity index (χ4v) is 4.51. The number of H-pyrrole nitrogens is 1. The number of para-hydroxylation sites is 2. The number of hydrogen-bond donors (Lipinski definition) is 1. The van der Waals surface area contributed by atoms with E-state index in [0.717, 1.165) is 12.2 Å². The fraction of sp³-hybridized carbons (Fsp3) is 0.261. The quantitative estimate of drug-likeness (QED) is 0.277. The van der Waals surface area contributed by atoms with Crippen molar-refractivity contribution >= 4 is 29.3 Å². The number of ether oxygens (including phenoxy) is 1. The minimum Gasteiger partial charge on any atom is -0.426 e. The number of thioether (sulfide) groups is 1. The van der Waals surface area contributed by atoms with Gasteiger partial charge in [-0.1, -0.05) is 43.0 Å². The van der Waals surface area contributed by atoms with E-state index in [4.69, 9.17) is 9.84 Å². The molecule has 164 valence electrons. The van der Waals surface area contributed by atoms with Gasteiger partial charge >= 0.3 is 17.2 Å². The van der Waals surface area contributed by atoms with Crippen LogP contribution in [0.1, 0.15) is 38.9 Å². The molecule has 1 aliphatic rings. The molecule has 2 aromatic carbocycles. The highest BCUT2D eigenvalue weighted by Gasteiger charge is 2.46. The highest BCUT2D eigenvalue weighted by atomic mass is 32.2. The summed E-state index contributed by atoms with van der Waals surface area (Å²) in [5.41, 5.74) is 1.77. The van der Waals surface area contributed by atoms with Gasteiger partial charge in [-0.15, -0.1) is 0 Å². The molecule has 1 atom stereocenters. The number of hydrogen-bond acceptors (Lipinski definition) is 6. The molecule has 0 aliphatic carbocycles. The second-order valence-corrected chi connectivity index (χ2v) is 8.40. The Balaban J connectivity index is 2.04.